The third-order valence-corrected chi connectivity index (χ3v) is 3.83. The van der Waals surface area contributed by atoms with Crippen molar-refractivity contribution in [2.75, 3.05) is 17.2 Å². The van der Waals surface area contributed by atoms with Crippen molar-refractivity contribution in [1.29, 1.82) is 0 Å². The number of halogens is 2. The Balaban J connectivity index is 1.98. The molecule has 0 spiro atoms. The Bertz CT molecular complexity index is 817. The molecule has 2 rings (SSSR count). The van der Waals surface area contributed by atoms with E-state index in [0.717, 1.165) is 0 Å². The van der Waals surface area contributed by atoms with Gasteiger partial charge in [0.15, 0.2) is 0 Å². The van der Waals surface area contributed by atoms with Gasteiger partial charge in [-0.1, -0.05) is 29.3 Å². The van der Waals surface area contributed by atoms with E-state index in [-0.39, 0.29) is 23.9 Å². The average molecular weight is 394 g/mol. The van der Waals surface area contributed by atoms with Gasteiger partial charge in [0.25, 0.3) is 5.91 Å². The van der Waals surface area contributed by atoms with E-state index in [2.05, 4.69) is 16.0 Å². The molecule has 3 N–H and O–H groups in total. The monoisotopic (exact) mass is 393 g/mol. The first kappa shape index (κ1) is 20.1. The van der Waals surface area contributed by atoms with Crippen LogP contribution in [0.1, 0.15) is 31.1 Å². The van der Waals surface area contributed by atoms with Gasteiger partial charge in [0, 0.05) is 21.8 Å². The molecule has 0 aliphatic rings. The second-order valence-corrected chi connectivity index (χ2v) is 7.65. The molecule has 5 nitrogen and oxygen atoms in total. The lowest BCUT2D eigenvalue weighted by molar-refractivity contribution is -0.114. The normalized spacial score (nSPS) is 11.0. The molecule has 0 atom stereocenters. The molecule has 0 aliphatic carbocycles. The molecule has 0 radical (unpaired) electrons. The van der Waals surface area contributed by atoms with Gasteiger partial charge in [-0.05, 0) is 57.2 Å². The van der Waals surface area contributed by atoms with Gasteiger partial charge in [-0.25, -0.2) is 0 Å². The standard InChI is InChI=1S/C19H21Cl2N3O2/c1-19(2,3)24-18(26)12-5-4-6-14(9-12)23-17(25)11-22-16-10-13(20)7-8-15(16)21/h4-10,22H,11H2,1-3H3,(H,23,25)(H,24,26). The van der Waals surface area contributed by atoms with Crippen molar-refractivity contribution in [2.24, 2.45) is 0 Å². The van der Waals surface area contributed by atoms with Gasteiger partial charge < -0.3 is 16.0 Å². The topological polar surface area (TPSA) is 70.2 Å². The number of hydrogen-bond donors (Lipinski definition) is 3. The molecule has 2 aromatic rings. The Hall–Kier alpha value is -2.24. The van der Waals surface area contributed by atoms with Gasteiger partial charge in [0.05, 0.1) is 17.3 Å². The first-order valence-corrected chi connectivity index (χ1v) is 8.81. The van der Waals surface area contributed by atoms with E-state index in [9.17, 15) is 9.59 Å². The lowest BCUT2D eigenvalue weighted by atomic mass is 10.1. The van der Waals surface area contributed by atoms with E-state index in [4.69, 9.17) is 23.2 Å². The van der Waals surface area contributed by atoms with Gasteiger partial charge in [-0.2, -0.15) is 0 Å². The van der Waals surface area contributed by atoms with Crippen LogP contribution < -0.4 is 16.0 Å². The quantitative estimate of drug-likeness (QED) is 0.696. The fourth-order valence-electron chi connectivity index (χ4n) is 2.16. The fourth-order valence-corrected chi connectivity index (χ4v) is 2.52. The van der Waals surface area contributed by atoms with Crippen molar-refractivity contribution in [3.05, 3.63) is 58.1 Å². The Morgan fingerprint density at radius 2 is 1.77 bits per heavy atom. The largest absolute Gasteiger partial charge is 0.375 e. The lowest BCUT2D eigenvalue weighted by Crippen LogP contribution is -2.40. The Morgan fingerprint density at radius 1 is 1.04 bits per heavy atom. The van der Waals surface area contributed by atoms with Crippen molar-refractivity contribution in [3.8, 4) is 0 Å². The number of hydrogen-bond acceptors (Lipinski definition) is 3. The molecular formula is C19H21Cl2N3O2. The molecule has 0 bridgehead atoms. The molecule has 7 heteroatoms. The molecule has 2 aromatic carbocycles. The number of carbonyl (C=O) groups is 2. The summed E-state index contributed by atoms with van der Waals surface area (Å²) in [6, 6.07) is 11.7. The van der Waals surface area contributed by atoms with Gasteiger partial charge in [-0.15, -0.1) is 0 Å². The van der Waals surface area contributed by atoms with E-state index >= 15 is 0 Å². The van der Waals surface area contributed by atoms with Crippen molar-refractivity contribution < 1.29 is 9.59 Å². The van der Waals surface area contributed by atoms with Gasteiger partial charge in [-0.3, -0.25) is 9.59 Å². The number of rotatable bonds is 5. The molecule has 0 saturated heterocycles. The molecule has 26 heavy (non-hydrogen) atoms. The highest BCUT2D eigenvalue weighted by Crippen LogP contribution is 2.25. The third-order valence-electron chi connectivity index (χ3n) is 3.26. The Morgan fingerprint density at radius 3 is 2.46 bits per heavy atom. The summed E-state index contributed by atoms with van der Waals surface area (Å²) in [4.78, 5) is 24.4. The molecule has 0 unspecified atom stereocenters. The maximum atomic E-state index is 12.2. The van der Waals surface area contributed by atoms with Crippen LogP contribution in [0.2, 0.25) is 10.0 Å². The first-order valence-electron chi connectivity index (χ1n) is 8.05. The number of carbonyl (C=O) groups excluding carboxylic acids is 2. The van der Waals surface area contributed by atoms with Crippen LogP contribution in [0.4, 0.5) is 11.4 Å². The predicted octanol–water partition coefficient (Wildman–Crippen LogP) is 4.57. The molecule has 0 fully saturated rings. The van der Waals surface area contributed by atoms with Gasteiger partial charge in [0.1, 0.15) is 0 Å². The van der Waals surface area contributed by atoms with Crippen molar-refractivity contribution >= 4 is 46.4 Å². The average Bonchev–Trinajstić information content (AvgIpc) is 2.54. The highest BCUT2D eigenvalue weighted by molar-refractivity contribution is 6.35. The zero-order valence-electron chi connectivity index (χ0n) is 14.8. The Labute approximate surface area is 163 Å². The van der Waals surface area contributed by atoms with Crippen LogP contribution in [0.15, 0.2) is 42.5 Å². The zero-order valence-corrected chi connectivity index (χ0v) is 16.3. The van der Waals surface area contributed by atoms with Crippen LogP contribution in [0.3, 0.4) is 0 Å². The molecule has 138 valence electrons. The molecule has 0 aromatic heterocycles. The van der Waals surface area contributed by atoms with Crippen molar-refractivity contribution in [2.45, 2.75) is 26.3 Å². The minimum atomic E-state index is -0.337. The zero-order chi connectivity index (χ0) is 19.3. The minimum absolute atomic E-state index is 0.0124. The summed E-state index contributed by atoms with van der Waals surface area (Å²) in [5.74, 6) is -0.466. The summed E-state index contributed by atoms with van der Waals surface area (Å²) in [6.07, 6.45) is 0. The van der Waals surface area contributed by atoms with Gasteiger partial charge >= 0.3 is 0 Å². The van der Waals surface area contributed by atoms with Crippen LogP contribution >= 0.6 is 23.2 Å². The molecular weight excluding hydrogens is 373 g/mol. The van der Waals surface area contributed by atoms with Crippen molar-refractivity contribution in [1.82, 2.24) is 5.32 Å². The first-order chi connectivity index (χ1) is 12.1. The molecule has 0 aliphatic heterocycles. The van der Waals surface area contributed by atoms with E-state index in [0.29, 0.717) is 27.0 Å². The van der Waals surface area contributed by atoms with Gasteiger partial charge in [0.2, 0.25) is 5.91 Å². The summed E-state index contributed by atoms with van der Waals surface area (Å²) in [5.41, 5.74) is 1.25. The van der Waals surface area contributed by atoms with E-state index in [1.165, 1.54) is 0 Å². The van der Waals surface area contributed by atoms with Crippen molar-refractivity contribution in [3.63, 3.8) is 0 Å². The SMILES string of the molecule is CC(C)(C)NC(=O)c1cccc(NC(=O)CNc2cc(Cl)ccc2Cl)c1. The summed E-state index contributed by atoms with van der Waals surface area (Å²) in [6.45, 7) is 5.73. The summed E-state index contributed by atoms with van der Waals surface area (Å²) < 4.78 is 0. The predicted molar refractivity (Wildman–Crippen MR) is 107 cm³/mol. The third kappa shape index (κ3) is 6.24. The lowest BCUT2D eigenvalue weighted by Gasteiger charge is -2.20. The highest BCUT2D eigenvalue weighted by atomic mass is 35.5. The number of nitrogens with one attached hydrogen (secondary N) is 3. The molecule has 2 amide bonds. The van der Waals surface area contributed by atoms with E-state index in [1.54, 1.807) is 42.5 Å². The molecule has 0 heterocycles. The van der Waals surface area contributed by atoms with E-state index < -0.39 is 0 Å². The van der Waals surface area contributed by atoms with Crippen LogP contribution in [0.5, 0.6) is 0 Å². The smallest absolute Gasteiger partial charge is 0.251 e. The fraction of sp³-hybridized carbons (Fsp3) is 0.263. The highest BCUT2D eigenvalue weighted by Gasteiger charge is 2.15. The number of amides is 2. The summed E-state index contributed by atoms with van der Waals surface area (Å²) in [7, 11) is 0. The van der Waals surface area contributed by atoms with Crippen LogP contribution in [0, 0.1) is 0 Å². The maximum absolute atomic E-state index is 12.2. The van der Waals surface area contributed by atoms with E-state index in [1.807, 2.05) is 20.8 Å². The maximum Gasteiger partial charge on any atom is 0.251 e. The second-order valence-electron chi connectivity index (χ2n) is 6.81. The number of benzene rings is 2. The van der Waals surface area contributed by atoms with Crippen LogP contribution in [0.25, 0.3) is 0 Å². The number of anilines is 2. The summed E-state index contributed by atoms with van der Waals surface area (Å²) in [5, 5.41) is 9.56. The second kappa shape index (κ2) is 8.43. The molecule has 0 saturated carbocycles. The summed E-state index contributed by atoms with van der Waals surface area (Å²) >= 11 is 12.0. The Kier molecular flexibility index (Phi) is 6.51. The van der Waals surface area contributed by atoms with Crippen LogP contribution in [-0.2, 0) is 4.79 Å². The van der Waals surface area contributed by atoms with Crippen LogP contribution in [-0.4, -0.2) is 23.9 Å². The minimum Gasteiger partial charge on any atom is -0.375 e.